The summed E-state index contributed by atoms with van der Waals surface area (Å²) in [6.07, 6.45) is 0.718. The van der Waals surface area contributed by atoms with Gasteiger partial charge in [0.15, 0.2) is 0 Å². The Labute approximate surface area is 71.6 Å². The van der Waals surface area contributed by atoms with Crippen LogP contribution in [0.25, 0.3) is 0 Å². The second-order valence-corrected chi connectivity index (χ2v) is 2.09. The Bertz CT molecular complexity index is 225. The average molecular weight is 167 g/mol. The minimum atomic E-state index is 0. The van der Waals surface area contributed by atoms with Crippen LogP contribution < -0.4 is 16.8 Å². The molecule has 1 amide bonds. The van der Waals surface area contributed by atoms with E-state index in [9.17, 15) is 4.79 Å². The molecule has 0 saturated heterocycles. The number of para-hydroxylation sites is 1. The number of amides is 1. The molecule has 0 atom stereocenters. The summed E-state index contributed by atoms with van der Waals surface area (Å²) in [6, 6.07) is 9.29. The van der Waals surface area contributed by atoms with Gasteiger partial charge in [0.1, 0.15) is 0 Å². The van der Waals surface area contributed by atoms with Gasteiger partial charge in [-0.05, 0) is 12.1 Å². The molecule has 1 aromatic rings. The fourth-order valence-electron chi connectivity index (χ4n) is 0.829. The molecule has 1 rings (SSSR count). The van der Waals surface area contributed by atoms with E-state index in [2.05, 4.69) is 0 Å². The first-order valence-electron chi connectivity index (χ1n) is 3.35. The van der Waals surface area contributed by atoms with E-state index in [0.29, 0.717) is 0 Å². The predicted octanol–water partition coefficient (Wildman–Crippen LogP) is 0.728. The highest BCUT2D eigenvalue weighted by Crippen LogP contribution is 2.08. The van der Waals surface area contributed by atoms with Gasteiger partial charge in [-0.15, -0.1) is 0 Å². The maximum absolute atomic E-state index is 10.4. The van der Waals surface area contributed by atoms with Gasteiger partial charge in [0.05, 0.1) is 6.67 Å². The maximum atomic E-state index is 10.4. The van der Waals surface area contributed by atoms with Gasteiger partial charge in [0, 0.05) is 5.69 Å². The van der Waals surface area contributed by atoms with E-state index in [-0.39, 0.29) is 12.8 Å². The summed E-state index contributed by atoms with van der Waals surface area (Å²) in [6.45, 7) is 0.216. The monoisotopic (exact) mass is 167 g/mol. The van der Waals surface area contributed by atoms with Crippen LogP contribution in [0.1, 0.15) is 0 Å². The SMILES string of the molecule is N.NCN(C=O)c1ccccc1. The highest BCUT2D eigenvalue weighted by Gasteiger charge is 1.98. The lowest BCUT2D eigenvalue weighted by Crippen LogP contribution is -2.27. The number of hydrogen-bond acceptors (Lipinski definition) is 3. The van der Waals surface area contributed by atoms with E-state index in [0.717, 1.165) is 12.1 Å². The minimum absolute atomic E-state index is 0. The molecule has 5 N–H and O–H groups in total. The summed E-state index contributed by atoms with van der Waals surface area (Å²) < 4.78 is 0. The number of carbonyl (C=O) groups is 1. The standard InChI is InChI=1S/C8H10N2O.H3N/c9-6-10(7-11)8-4-2-1-3-5-8;/h1-5,7H,6,9H2;1H3. The fourth-order valence-corrected chi connectivity index (χ4v) is 0.829. The topological polar surface area (TPSA) is 81.3 Å². The first kappa shape index (κ1) is 10.6. The third-order valence-electron chi connectivity index (χ3n) is 1.41. The van der Waals surface area contributed by atoms with Gasteiger partial charge in [0.25, 0.3) is 0 Å². The Kier molecular flexibility index (Phi) is 4.67. The summed E-state index contributed by atoms with van der Waals surface area (Å²) >= 11 is 0. The summed E-state index contributed by atoms with van der Waals surface area (Å²) in [5, 5.41) is 0. The molecular weight excluding hydrogens is 154 g/mol. The molecular formula is C8H13N3O. The lowest BCUT2D eigenvalue weighted by atomic mass is 10.3. The zero-order chi connectivity index (χ0) is 8.10. The molecule has 0 heterocycles. The number of hydrogen-bond donors (Lipinski definition) is 2. The molecule has 0 aliphatic rings. The Balaban J connectivity index is 0.00000121. The molecule has 0 aliphatic heterocycles. The second-order valence-electron chi connectivity index (χ2n) is 2.09. The third kappa shape index (κ3) is 2.34. The van der Waals surface area contributed by atoms with Crippen LogP contribution in [-0.4, -0.2) is 13.1 Å². The van der Waals surface area contributed by atoms with Crippen LogP contribution in [-0.2, 0) is 4.79 Å². The number of nitrogens with two attached hydrogens (primary N) is 1. The van der Waals surface area contributed by atoms with Crippen LogP contribution in [0.15, 0.2) is 30.3 Å². The molecule has 0 fully saturated rings. The maximum Gasteiger partial charge on any atom is 0.215 e. The smallest absolute Gasteiger partial charge is 0.215 e. The van der Waals surface area contributed by atoms with Crippen LogP contribution >= 0.6 is 0 Å². The summed E-state index contributed by atoms with van der Waals surface area (Å²) in [4.78, 5) is 11.8. The molecule has 4 heteroatoms. The van der Waals surface area contributed by atoms with Crippen LogP contribution in [0, 0.1) is 0 Å². The van der Waals surface area contributed by atoms with Gasteiger partial charge in [-0.2, -0.15) is 0 Å². The van der Waals surface area contributed by atoms with Crippen molar-refractivity contribution in [3.8, 4) is 0 Å². The largest absolute Gasteiger partial charge is 0.344 e. The highest BCUT2D eigenvalue weighted by atomic mass is 16.1. The van der Waals surface area contributed by atoms with Crippen LogP contribution in [0.3, 0.4) is 0 Å². The summed E-state index contributed by atoms with van der Waals surface area (Å²) in [5.41, 5.74) is 6.13. The van der Waals surface area contributed by atoms with Crippen molar-refractivity contribution < 1.29 is 4.79 Å². The van der Waals surface area contributed by atoms with E-state index < -0.39 is 0 Å². The molecule has 0 saturated carbocycles. The zero-order valence-electron chi connectivity index (χ0n) is 6.81. The minimum Gasteiger partial charge on any atom is -0.344 e. The number of carbonyl (C=O) groups excluding carboxylic acids is 1. The van der Waals surface area contributed by atoms with Gasteiger partial charge < -0.3 is 16.8 Å². The molecule has 4 nitrogen and oxygen atoms in total. The Hall–Kier alpha value is -1.39. The zero-order valence-corrected chi connectivity index (χ0v) is 6.81. The lowest BCUT2D eigenvalue weighted by molar-refractivity contribution is -0.107. The highest BCUT2D eigenvalue weighted by molar-refractivity contribution is 5.74. The van der Waals surface area contributed by atoms with E-state index in [4.69, 9.17) is 5.73 Å². The molecule has 0 spiro atoms. The van der Waals surface area contributed by atoms with Crippen molar-refractivity contribution >= 4 is 12.1 Å². The first-order chi connectivity index (χ1) is 5.38. The Morgan fingerprint density at radius 2 is 1.92 bits per heavy atom. The molecule has 1 aromatic carbocycles. The number of anilines is 1. The molecule has 0 radical (unpaired) electrons. The molecule has 66 valence electrons. The van der Waals surface area contributed by atoms with Gasteiger partial charge in [-0.1, -0.05) is 18.2 Å². The second kappa shape index (κ2) is 5.29. The van der Waals surface area contributed by atoms with Crippen molar-refractivity contribution in [3.05, 3.63) is 30.3 Å². The van der Waals surface area contributed by atoms with Gasteiger partial charge in [-0.25, -0.2) is 0 Å². The quantitative estimate of drug-likeness (QED) is 0.514. The molecule has 0 aromatic heterocycles. The molecule has 0 bridgehead atoms. The normalized spacial score (nSPS) is 8.42. The summed E-state index contributed by atoms with van der Waals surface area (Å²) in [5.74, 6) is 0. The Morgan fingerprint density at radius 1 is 1.33 bits per heavy atom. The third-order valence-corrected chi connectivity index (χ3v) is 1.41. The fraction of sp³-hybridized carbons (Fsp3) is 0.125. The molecule has 12 heavy (non-hydrogen) atoms. The molecule has 0 aliphatic carbocycles. The van der Waals surface area contributed by atoms with Crippen molar-refractivity contribution in [1.29, 1.82) is 0 Å². The van der Waals surface area contributed by atoms with Crippen LogP contribution in [0.4, 0.5) is 5.69 Å². The van der Waals surface area contributed by atoms with Crippen molar-refractivity contribution in [2.75, 3.05) is 11.6 Å². The van der Waals surface area contributed by atoms with E-state index >= 15 is 0 Å². The average Bonchev–Trinajstić information content (AvgIpc) is 2.09. The first-order valence-corrected chi connectivity index (χ1v) is 3.35. The van der Waals surface area contributed by atoms with Gasteiger partial charge >= 0.3 is 0 Å². The van der Waals surface area contributed by atoms with Crippen molar-refractivity contribution in [2.45, 2.75) is 0 Å². The molecule has 0 unspecified atom stereocenters. The van der Waals surface area contributed by atoms with Crippen molar-refractivity contribution in [2.24, 2.45) is 5.73 Å². The van der Waals surface area contributed by atoms with Crippen LogP contribution in [0.2, 0.25) is 0 Å². The van der Waals surface area contributed by atoms with Crippen molar-refractivity contribution in [3.63, 3.8) is 0 Å². The van der Waals surface area contributed by atoms with E-state index in [1.54, 1.807) is 0 Å². The van der Waals surface area contributed by atoms with Crippen LogP contribution in [0.5, 0.6) is 0 Å². The van der Waals surface area contributed by atoms with E-state index in [1.807, 2.05) is 30.3 Å². The Morgan fingerprint density at radius 3 is 2.33 bits per heavy atom. The van der Waals surface area contributed by atoms with Gasteiger partial charge in [0.2, 0.25) is 6.41 Å². The predicted molar refractivity (Wildman–Crippen MR) is 49.1 cm³/mol. The lowest BCUT2D eigenvalue weighted by Gasteiger charge is -2.13. The number of nitrogens with zero attached hydrogens (tertiary/aromatic N) is 1. The van der Waals surface area contributed by atoms with E-state index in [1.165, 1.54) is 4.90 Å². The number of rotatable bonds is 3. The summed E-state index contributed by atoms with van der Waals surface area (Å²) in [7, 11) is 0. The van der Waals surface area contributed by atoms with Crippen molar-refractivity contribution in [1.82, 2.24) is 6.15 Å². The number of benzene rings is 1. The van der Waals surface area contributed by atoms with Gasteiger partial charge in [-0.3, -0.25) is 4.79 Å².